The van der Waals surface area contributed by atoms with Gasteiger partial charge in [0.15, 0.2) is 0 Å². The lowest BCUT2D eigenvalue weighted by Crippen LogP contribution is -2.42. The summed E-state index contributed by atoms with van der Waals surface area (Å²) < 4.78 is 0. The van der Waals surface area contributed by atoms with E-state index in [-0.39, 0.29) is 37.2 Å². The number of halogens is 3. The second-order valence-corrected chi connectivity index (χ2v) is 7.48. The average Bonchev–Trinajstić information content (AvgIpc) is 2.81. The zero-order valence-corrected chi connectivity index (χ0v) is 20.7. The number of hydrogen-bond acceptors (Lipinski definition) is 6. The minimum atomic E-state index is 0. The van der Waals surface area contributed by atoms with Crippen molar-refractivity contribution in [2.75, 3.05) is 38.0 Å². The predicted octanol–water partition coefficient (Wildman–Crippen LogP) is 4.34. The maximum absolute atomic E-state index is 8.89. The monoisotopic (exact) mass is 506 g/mol. The van der Waals surface area contributed by atoms with Crippen molar-refractivity contribution in [3.8, 4) is 17.3 Å². The van der Waals surface area contributed by atoms with Crippen LogP contribution in [0.2, 0.25) is 0 Å². The van der Waals surface area contributed by atoms with Crippen molar-refractivity contribution in [2.45, 2.75) is 13.0 Å². The Morgan fingerprint density at radius 2 is 1.73 bits per heavy atom. The number of anilines is 1. The summed E-state index contributed by atoms with van der Waals surface area (Å²) in [6.07, 6.45) is 2.65. The lowest BCUT2D eigenvalue weighted by atomic mass is 10.1. The fourth-order valence-corrected chi connectivity index (χ4v) is 3.63. The molecular weight excluding hydrogens is 479 g/mol. The van der Waals surface area contributed by atoms with Crippen LogP contribution in [0.1, 0.15) is 16.7 Å². The van der Waals surface area contributed by atoms with Crippen LogP contribution < -0.4 is 10.6 Å². The van der Waals surface area contributed by atoms with Crippen LogP contribution in [-0.4, -0.2) is 47.6 Å². The molecule has 1 aromatic heterocycles. The number of nitriles is 1. The normalized spacial score (nSPS) is 12.9. The lowest BCUT2D eigenvalue weighted by molar-refractivity contribution is 0.233. The van der Waals surface area contributed by atoms with Gasteiger partial charge in [-0.3, -0.25) is 4.90 Å². The van der Waals surface area contributed by atoms with Crippen molar-refractivity contribution in [3.63, 3.8) is 0 Å². The summed E-state index contributed by atoms with van der Waals surface area (Å²) in [5, 5.41) is 15.6. The fourth-order valence-electron chi connectivity index (χ4n) is 3.63. The average molecular weight is 508 g/mol. The molecule has 2 heterocycles. The maximum Gasteiger partial charge on any atom is 0.223 e. The number of rotatable bonds is 7. The molecule has 1 aliphatic heterocycles. The van der Waals surface area contributed by atoms with E-state index < -0.39 is 0 Å². The van der Waals surface area contributed by atoms with Crippen LogP contribution in [0.5, 0.6) is 0 Å². The van der Waals surface area contributed by atoms with E-state index in [1.165, 1.54) is 11.1 Å². The minimum Gasteiger partial charge on any atom is -0.354 e. The van der Waals surface area contributed by atoms with E-state index in [1.54, 1.807) is 6.20 Å². The first-order valence-electron chi connectivity index (χ1n) is 10.4. The van der Waals surface area contributed by atoms with Gasteiger partial charge in [-0.2, -0.15) is 5.26 Å². The molecule has 33 heavy (non-hydrogen) atoms. The number of nitrogens with one attached hydrogen (secondary N) is 2. The van der Waals surface area contributed by atoms with Crippen molar-refractivity contribution >= 4 is 43.2 Å². The SMILES string of the molecule is Cl.Cl.Cl.N#Cc1ccc(CCNc2nccc(-c3cccc(CN4CCNCC4)c3)n2)cc1. The zero-order valence-electron chi connectivity index (χ0n) is 18.2. The molecule has 0 saturated carbocycles. The van der Waals surface area contributed by atoms with Crippen LogP contribution in [-0.2, 0) is 13.0 Å². The van der Waals surface area contributed by atoms with Gasteiger partial charge in [0.05, 0.1) is 17.3 Å². The number of hydrogen-bond donors (Lipinski definition) is 2. The highest BCUT2D eigenvalue weighted by Gasteiger charge is 2.10. The van der Waals surface area contributed by atoms with Gasteiger partial charge in [-0.25, -0.2) is 9.97 Å². The Labute approximate surface area is 214 Å². The molecule has 1 saturated heterocycles. The first-order valence-corrected chi connectivity index (χ1v) is 10.4. The van der Waals surface area contributed by atoms with Gasteiger partial charge in [0.2, 0.25) is 5.95 Å². The van der Waals surface area contributed by atoms with Crippen LogP contribution in [0, 0.1) is 11.3 Å². The summed E-state index contributed by atoms with van der Waals surface area (Å²) in [5.74, 6) is 0.633. The van der Waals surface area contributed by atoms with E-state index in [1.807, 2.05) is 30.3 Å². The molecule has 176 valence electrons. The third-order valence-electron chi connectivity index (χ3n) is 5.27. The van der Waals surface area contributed by atoms with Gasteiger partial charge in [0, 0.05) is 51.0 Å². The number of aromatic nitrogens is 2. The van der Waals surface area contributed by atoms with Crippen molar-refractivity contribution in [1.29, 1.82) is 5.26 Å². The van der Waals surface area contributed by atoms with Crippen LogP contribution >= 0.6 is 37.2 Å². The standard InChI is InChI=1S/C24H26N6.3ClH/c25-17-20-6-4-19(5-7-20)8-10-27-24-28-11-9-23(29-24)22-3-1-2-21(16-22)18-30-14-12-26-13-15-30;;;/h1-7,9,11,16,26H,8,10,12-15,18H2,(H,27,28,29);3*1H. The predicted molar refractivity (Wildman–Crippen MR) is 141 cm³/mol. The summed E-state index contributed by atoms with van der Waals surface area (Å²) in [6, 6.07) is 20.4. The van der Waals surface area contributed by atoms with Gasteiger partial charge in [0.25, 0.3) is 0 Å². The van der Waals surface area contributed by atoms with Crippen LogP contribution in [0.4, 0.5) is 5.95 Å². The third-order valence-corrected chi connectivity index (χ3v) is 5.27. The molecule has 2 N–H and O–H groups in total. The van der Waals surface area contributed by atoms with Crippen LogP contribution in [0.3, 0.4) is 0 Å². The molecule has 0 atom stereocenters. The summed E-state index contributed by atoms with van der Waals surface area (Å²) in [4.78, 5) is 11.5. The van der Waals surface area contributed by atoms with Crippen molar-refractivity contribution in [1.82, 2.24) is 20.2 Å². The van der Waals surface area contributed by atoms with Gasteiger partial charge in [-0.1, -0.05) is 30.3 Å². The van der Waals surface area contributed by atoms with Crippen molar-refractivity contribution in [2.24, 2.45) is 0 Å². The molecule has 0 radical (unpaired) electrons. The third kappa shape index (κ3) is 8.47. The Bertz CT molecular complexity index is 1020. The van der Waals surface area contributed by atoms with Gasteiger partial charge >= 0.3 is 0 Å². The Hall–Kier alpha value is -2.40. The molecule has 0 unspecified atom stereocenters. The Kier molecular flexibility index (Phi) is 12.7. The van der Waals surface area contributed by atoms with E-state index in [2.05, 4.69) is 50.9 Å². The van der Waals surface area contributed by atoms with Gasteiger partial charge in [-0.05, 0) is 41.8 Å². The Morgan fingerprint density at radius 1 is 0.970 bits per heavy atom. The molecule has 1 aliphatic rings. The van der Waals surface area contributed by atoms with E-state index in [0.717, 1.165) is 56.9 Å². The molecule has 9 heteroatoms. The molecule has 0 amide bonds. The first kappa shape index (κ1) is 28.6. The maximum atomic E-state index is 8.89. The highest BCUT2D eigenvalue weighted by molar-refractivity contribution is 5.86. The molecule has 4 rings (SSSR count). The minimum absolute atomic E-state index is 0. The van der Waals surface area contributed by atoms with E-state index in [4.69, 9.17) is 10.2 Å². The molecule has 0 aliphatic carbocycles. The van der Waals surface area contributed by atoms with Crippen LogP contribution in [0.15, 0.2) is 60.8 Å². The van der Waals surface area contributed by atoms with Gasteiger partial charge in [-0.15, -0.1) is 37.2 Å². The number of piperazine rings is 1. The molecule has 6 nitrogen and oxygen atoms in total. The second-order valence-electron chi connectivity index (χ2n) is 7.48. The van der Waals surface area contributed by atoms with Gasteiger partial charge < -0.3 is 10.6 Å². The highest BCUT2D eigenvalue weighted by Crippen LogP contribution is 2.20. The summed E-state index contributed by atoms with van der Waals surface area (Å²) >= 11 is 0. The molecule has 3 aromatic rings. The van der Waals surface area contributed by atoms with Gasteiger partial charge in [0.1, 0.15) is 0 Å². The topological polar surface area (TPSA) is 76.9 Å². The van der Waals surface area contributed by atoms with Crippen molar-refractivity contribution < 1.29 is 0 Å². The van der Waals surface area contributed by atoms with Crippen LogP contribution in [0.25, 0.3) is 11.3 Å². The number of nitrogens with zero attached hydrogens (tertiary/aromatic N) is 4. The first-order chi connectivity index (χ1) is 14.8. The second kappa shape index (κ2) is 14.7. The fraction of sp³-hybridized carbons (Fsp3) is 0.292. The largest absolute Gasteiger partial charge is 0.354 e. The molecule has 2 aromatic carbocycles. The molecule has 0 bridgehead atoms. The van der Waals surface area contributed by atoms with E-state index in [9.17, 15) is 0 Å². The lowest BCUT2D eigenvalue weighted by Gasteiger charge is -2.27. The van der Waals surface area contributed by atoms with Crippen molar-refractivity contribution in [3.05, 3.63) is 77.5 Å². The summed E-state index contributed by atoms with van der Waals surface area (Å²) in [7, 11) is 0. The number of benzene rings is 2. The summed E-state index contributed by atoms with van der Waals surface area (Å²) in [5.41, 5.74) is 5.21. The smallest absolute Gasteiger partial charge is 0.223 e. The van der Waals surface area contributed by atoms with E-state index >= 15 is 0 Å². The summed E-state index contributed by atoms with van der Waals surface area (Å²) in [6.45, 7) is 6.00. The Morgan fingerprint density at radius 3 is 2.45 bits per heavy atom. The quantitative estimate of drug-likeness (QED) is 0.495. The highest BCUT2D eigenvalue weighted by atomic mass is 35.5. The zero-order chi connectivity index (χ0) is 20.6. The molecular formula is C24H29Cl3N6. The van der Waals surface area contributed by atoms with E-state index in [0.29, 0.717) is 11.5 Å². The Balaban J connectivity index is 0.00000181. The molecule has 1 fully saturated rings. The molecule has 0 spiro atoms.